The zero-order valence-corrected chi connectivity index (χ0v) is 15.1. The van der Waals surface area contributed by atoms with Crippen LogP contribution in [0.3, 0.4) is 0 Å². The molecule has 0 aromatic carbocycles. The first kappa shape index (κ1) is 16.7. The Morgan fingerprint density at radius 3 is 2.56 bits per heavy atom. The smallest absolute Gasteiger partial charge is 0.201 e. The van der Waals surface area contributed by atoms with Gasteiger partial charge >= 0.3 is 0 Å². The van der Waals surface area contributed by atoms with Crippen molar-refractivity contribution in [2.45, 2.75) is 70.1 Å². The molecule has 5 heteroatoms. The van der Waals surface area contributed by atoms with Crippen molar-refractivity contribution < 1.29 is 25.2 Å². The van der Waals surface area contributed by atoms with Gasteiger partial charge in [0.05, 0.1) is 24.2 Å². The Morgan fingerprint density at radius 2 is 1.84 bits per heavy atom. The summed E-state index contributed by atoms with van der Waals surface area (Å²) in [5, 5.41) is 45.3. The van der Waals surface area contributed by atoms with E-state index in [2.05, 4.69) is 20.4 Å². The van der Waals surface area contributed by atoms with Gasteiger partial charge in [0.2, 0.25) is 5.79 Å². The summed E-state index contributed by atoms with van der Waals surface area (Å²) in [5.74, 6) is -1.91. The van der Waals surface area contributed by atoms with Crippen molar-refractivity contribution in [3.63, 3.8) is 0 Å². The van der Waals surface area contributed by atoms with Crippen LogP contribution in [-0.4, -0.2) is 51.1 Å². The summed E-state index contributed by atoms with van der Waals surface area (Å²) in [6.45, 7) is 8.60. The average molecular weight is 350 g/mol. The number of ether oxygens (including phenoxy) is 1. The molecule has 6 rings (SSSR count). The maximum absolute atomic E-state index is 11.6. The molecule has 4 bridgehead atoms. The van der Waals surface area contributed by atoms with Crippen molar-refractivity contribution in [1.29, 1.82) is 0 Å². The van der Waals surface area contributed by atoms with Gasteiger partial charge in [0, 0.05) is 11.3 Å². The number of hydrogen-bond donors (Lipinski definition) is 4. The Hall–Kier alpha value is -0.460. The first-order chi connectivity index (χ1) is 11.6. The molecule has 6 aliphatic rings. The third-order valence-electron chi connectivity index (χ3n) is 9.05. The van der Waals surface area contributed by atoms with Crippen molar-refractivity contribution >= 4 is 0 Å². The minimum atomic E-state index is -1.77. The molecule has 9 atom stereocenters. The van der Waals surface area contributed by atoms with E-state index in [1.165, 1.54) is 0 Å². The molecule has 2 saturated heterocycles. The lowest BCUT2D eigenvalue weighted by Crippen LogP contribution is -2.84. The maximum Gasteiger partial charge on any atom is 0.201 e. The highest BCUT2D eigenvalue weighted by molar-refractivity contribution is 5.35. The summed E-state index contributed by atoms with van der Waals surface area (Å²) < 4.78 is 5.95. The zero-order valence-electron chi connectivity index (χ0n) is 15.1. The van der Waals surface area contributed by atoms with Crippen LogP contribution in [0.4, 0.5) is 0 Å². The fourth-order valence-electron chi connectivity index (χ4n) is 8.07. The first-order valence-electron chi connectivity index (χ1n) is 9.72. The van der Waals surface area contributed by atoms with Gasteiger partial charge in [-0.2, -0.15) is 0 Å². The lowest BCUT2D eigenvalue weighted by Gasteiger charge is -2.75. The van der Waals surface area contributed by atoms with Crippen LogP contribution < -0.4 is 0 Å². The molecule has 2 spiro atoms. The Kier molecular flexibility index (Phi) is 3.01. The lowest BCUT2D eigenvalue weighted by molar-refractivity contribution is -0.466. The normalized spacial score (nSPS) is 61.8. The van der Waals surface area contributed by atoms with Crippen LogP contribution in [0.1, 0.15) is 46.0 Å². The van der Waals surface area contributed by atoms with Crippen LogP contribution in [0.15, 0.2) is 12.2 Å². The Labute approximate surface area is 148 Å². The highest BCUT2D eigenvalue weighted by Gasteiger charge is 2.83. The molecule has 6 fully saturated rings. The first-order valence-corrected chi connectivity index (χ1v) is 9.72. The van der Waals surface area contributed by atoms with Gasteiger partial charge in [-0.25, -0.2) is 0 Å². The number of rotatable bonds is 0. The van der Waals surface area contributed by atoms with Gasteiger partial charge in [0.1, 0.15) is 6.10 Å². The van der Waals surface area contributed by atoms with Crippen molar-refractivity contribution in [2.75, 3.05) is 6.61 Å². The number of aliphatic hydroxyl groups excluding tert-OH is 3. The fourth-order valence-corrected chi connectivity index (χ4v) is 8.07. The number of hydrogen-bond acceptors (Lipinski definition) is 5. The predicted octanol–water partition coefficient (Wildman–Crippen LogP) is 1.20. The third-order valence-corrected chi connectivity index (χ3v) is 9.05. The van der Waals surface area contributed by atoms with E-state index >= 15 is 0 Å². The highest BCUT2D eigenvalue weighted by Crippen LogP contribution is 2.77. The zero-order chi connectivity index (χ0) is 18.0. The van der Waals surface area contributed by atoms with Gasteiger partial charge in [-0.3, -0.25) is 0 Å². The van der Waals surface area contributed by atoms with Gasteiger partial charge < -0.3 is 25.2 Å². The standard InChI is InChI=1S/C20H30O5/c1-10-11-4-5-12-18-9-25-20(24,19(12,8-11)15(10)22)16(23)14(18)17(2,3)7-6-13(18)21/h11-16,21-24H,1,4-9H2,2-3H3/t11-,12+,13-,14-,15-,16+,18-,19+,20-/m1/s1. The summed E-state index contributed by atoms with van der Waals surface area (Å²) in [6, 6.07) is 0. The van der Waals surface area contributed by atoms with E-state index in [4.69, 9.17) is 4.74 Å². The van der Waals surface area contributed by atoms with Crippen molar-refractivity contribution in [2.24, 2.45) is 34.0 Å². The van der Waals surface area contributed by atoms with Crippen LogP contribution >= 0.6 is 0 Å². The Balaban J connectivity index is 1.77. The fraction of sp³-hybridized carbons (Fsp3) is 0.900. The summed E-state index contributed by atoms with van der Waals surface area (Å²) in [4.78, 5) is 0. The highest BCUT2D eigenvalue weighted by atomic mass is 16.6. The molecule has 4 N–H and O–H groups in total. The van der Waals surface area contributed by atoms with E-state index in [1.807, 2.05) is 0 Å². The lowest BCUT2D eigenvalue weighted by atomic mass is 9.36. The summed E-state index contributed by atoms with van der Waals surface area (Å²) in [6.07, 6.45) is 1.26. The predicted molar refractivity (Wildman–Crippen MR) is 90.3 cm³/mol. The van der Waals surface area contributed by atoms with E-state index in [0.29, 0.717) is 12.8 Å². The van der Waals surface area contributed by atoms with Crippen LogP contribution in [0.2, 0.25) is 0 Å². The molecule has 4 aliphatic carbocycles. The molecule has 0 amide bonds. The molecular formula is C20H30O5. The van der Waals surface area contributed by atoms with Gasteiger partial charge in [-0.15, -0.1) is 0 Å². The van der Waals surface area contributed by atoms with Gasteiger partial charge in [-0.1, -0.05) is 20.4 Å². The van der Waals surface area contributed by atoms with Crippen LogP contribution in [0, 0.1) is 34.0 Å². The molecule has 0 unspecified atom stereocenters. The van der Waals surface area contributed by atoms with Gasteiger partial charge in [0.15, 0.2) is 0 Å². The van der Waals surface area contributed by atoms with Gasteiger partial charge in [0.25, 0.3) is 0 Å². The van der Waals surface area contributed by atoms with Crippen LogP contribution in [0.25, 0.3) is 0 Å². The summed E-state index contributed by atoms with van der Waals surface area (Å²) >= 11 is 0. The summed E-state index contributed by atoms with van der Waals surface area (Å²) in [5.41, 5.74) is -0.996. The van der Waals surface area contributed by atoms with Crippen LogP contribution in [0.5, 0.6) is 0 Å². The molecule has 0 aromatic rings. The van der Waals surface area contributed by atoms with Gasteiger partial charge in [-0.05, 0) is 54.9 Å². The second kappa shape index (κ2) is 4.50. The summed E-state index contributed by atoms with van der Waals surface area (Å²) in [7, 11) is 0. The third kappa shape index (κ3) is 1.49. The molecule has 2 heterocycles. The molecule has 25 heavy (non-hydrogen) atoms. The average Bonchev–Trinajstić information content (AvgIpc) is 2.75. The molecule has 0 aromatic heterocycles. The van der Waals surface area contributed by atoms with Crippen molar-refractivity contribution in [1.82, 2.24) is 0 Å². The molecule has 0 radical (unpaired) electrons. The van der Waals surface area contributed by atoms with Crippen LogP contribution in [-0.2, 0) is 4.74 Å². The minimum absolute atomic E-state index is 0.0628. The monoisotopic (exact) mass is 350 g/mol. The van der Waals surface area contributed by atoms with E-state index in [9.17, 15) is 20.4 Å². The maximum atomic E-state index is 11.6. The molecule has 140 valence electrons. The van der Waals surface area contributed by atoms with E-state index in [-0.39, 0.29) is 29.8 Å². The SMILES string of the molecule is C=C1[C@@H]2CC[C@H]3[C@@]45CO[C@](O)([C@@H](O)[C@@H]4C(C)(C)CC[C@H]5O)[C@]3(C2)[C@@H]1O. The topological polar surface area (TPSA) is 90.2 Å². The van der Waals surface area contributed by atoms with E-state index in [1.54, 1.807) is 0 Å². The molecular weight excluding hydrogens is 320 g/mol. The quantitative estimate of drug-likeness (QED) is 0.493. The Bertz CT molecular complexity index is 646. The number of fused-ring (bicyclic) bond motifs is 2. The largest absolute Gasteiger partial charge is 0.392 e. The van der Waals surface area contributed by atoms with Crippen molar-refractivity contribution in [3.05, 3.63) is 12.2 Å². The molecule has 5 nitrogen and oxygen atoms in total. The molecule has 2 aliphatic heterocycles. The van der Waals surface area contributed by atoms with E-state index in [0.717, 1.165) is 24.8 Å². The minimum Gasteiger partial charge on any atom is -0.392 e. The second-order valence-corrected chi connectivity index (χ2v) is 10.1. The van der Waals surface area contributed by atoms with Crippen molar-refractivity contribution in [3.8, 4) is 0 Å². The van der Waals surface area contributed by atoms with E-state index < -0.39 is 34.9 Å². The molecule has 4 saturated carbocycles. The number of aliphatic hydroxyl groups is 4. The second-order valence-electron chi connectivity index (χ2n) is 10.1. The Morgan fingerprint density at radius 1 is 1.12 bits per heavy atom.